The highest BCUT2D eigenvalue weighted by Crippen LogP contribution is 2.65. The van der Waals surface area contributed by atoms with Crippen molar-refractivity contribution in [2.24, 2.45) is 5.92 Å². The Morgan fingerprint density at radius 1 is 0.943 bits per heavy atom. The number of carbonyl (C=O) groups excluding carboxylic acids is 2. The Morgan fingerprint density at radius 3 is 2.37 bits per heavy atom. The van der Waals surface area contributed by atoms with E-state index in [1.165, 1.54) is 42.5 Å². The van der Waals surface area contributed by atoms with Crippen molar-refractivity contribution >= 4 is 64.1 Å². The highest BCUT2D eigenvalue weighted by Gasteiger charge is 2.67. The maximum absolute atomic E-state index is 13.9. The molecule has 2 amide bonds. The van der Waals surface area contributed by atoms with Gasteiger partial charge in [-0.1, -0.05) is 30.3 Å². The van der Waals surface area contributed by atoms with Gasteiger partial charge in [0, 0.05) is 23.2 Å². The molecule has 0 bridgehead atoms. The number of halogens is 6. The van der Waals surface area contributed by atoms with Crippen molar-refractivity contribution in [1.29, 1.82) is 0 Å². The molecule has 0 aromatic heterocycles. The lowest BCUT2D eigenvalue weighted by Crippen LogP contribution is -2.18. The molecule has 4 rings (SSSR count). The van der Waals surface area contributed by atoms with Crippen LogP contribution >= 0.6 is 34.8 Å². The van der Waals surface area contributed by atoms with Gasteiger partial charge in [0.25, 0.3) is 5.91 Å². The number of hydrogen-bond donors (Lipinski definition) is 2. The first-order valence-corrected chi connectivity index (χ1v) is 11.3. The molecule has 3 aromatic carbocycles. The van der Waals surface area contributed by atoms with Crippen molar-refractivity contribution in [3.05, 3.63) is 100 Å². The maximum Gasteiger partial charge on any atom is 0.257 e. The second kappa shape index (κ2) is 9.57. The fraction of sp³-hybridized carbons (Fsp3) is 0.120. The highest BCUT2D eigenvalue weighted by molar-refractivity contribution is 6.53. The lowest BCUT2D eigenvalue weighted by Gasteiger charge is -2.11. The Bertz CT molecular complexity index is 1360. The van der Waals surface area contributed by atoms with E-state index >= 15 is 0 Å². The number of anilines is 2. The van der Waals surface area contributed by atoms with Crippen LogP contribution in [0.5, 0.6) is 0 Å². The fourth-order valence-electron chi connectivity index (χ4n) is 3.76. The van der Waals surface area contributed by atoms with Gasteiger partial charge in [-0.3, -0.25) is 9.59 Å². The molecule has 1 aliphatic rings. The molecule has 180 valence electrons. The van der Waals surface area contributed by atoms with Gasteiger partial charge in [0.2, 0.25) is 5.91 Å². The lowest BCUT2D eigenvalue weighted by molar-refractivity contribution is -0.117. The molecule has 4 nitrogen and oxygen atoms in total. The second-order valence-electron chi connectivity index (χ2n) is 7.88. The first-order valence-electron chi connectivity index (χ1n) is 10.2. The largest absolute Gasteiger partial charge is 0.326 e. The summed E-state index contributed by atoms with van der Waals surface area (Å²) in [6.45, 7) is 3.56. The Morgan fingerprint density at radius 2 is 1.69 bits per heavy atom. The van der Waals surface area contributed by atoms with E-state index in [1.54, 1.807) is 0 Å². The molecule has 0 spiro atoms. The fourth-order valence-corrected chi connectivity index (χ4v) is 4.79. The summed E-state index contributed by atoms with van der Waals surface area (Å²) in [6, 6.07) is 11.1. The Kier molecular flexibility index (Phi) is 6.86. The summed E-state index contributed by atoms with van der Waals surface area (Å²) in [7, 11) is 0. The Labute approximate surface area is 213 Å². The summed E-state index contributed by atoms with van der Waals surface area (Å²) in [6.07, 6.45) is 1.35. The van der Waals surface area contributed by atoms with E-state index in [0.29, 0.717) is 11.6 Å². The molecule has 0 heterocycles. The van der Waals surface area contributed by atoms with Crippen molar-refractivity contribution < 1.29 is 22.8 Å². The molecule has 2 N–H and O–H groups in total. The minimum Gasteiger partial charge on any atom is -0.326 e. The van der Waals surface area contributed by atoms with Crippen LogP contribution in [0.3, 0.4) is 0 Å². The van der Waals surface area contributed by atoms with Gasteiger partial charge in [0.05, 0.1) is 22.2 Å². The topological polar surface area (TPSA) is 58.2 Å². The van der Waals surface area contributed by atoms with Gasteiger partial charge in [-0.2, -0.15) is 0 Å². The third-order valence-electron chi connectivity index (χ3n) is 5.59. The van der Waals surface area contributed by atoms with Gasteiger partial charge in [-0.05, 0) is 48.0 Å². The SMILES string of the molecule is C=Cc1cc([C@@H]2[C@@H](C(=O)Nc3ccc(Cl)c(C(=O)Nc4ccc(F)cc4F)c3)C2(Cl)Cl)ccc1F. The van der Waals surface area contributed by atoms with Crippen LogP contribution in [0, 0.1) is 23.4 Å². The van der Waals surface area contributed by atoms with Gasteiger partial charge < -0.3 is 10.6 Å². The minimum atomic E-state index is -1.42. The van der Waals surface area contributed by atoms with E-state index in [-0.39, 0.29) is 27.5 Å². The molecule has 1 fully saturated rings. The Balaban J connectivity index is 1.52. The molecule has 0 aliphatic heterocycles. The van der Waals surface area contributed by atoms with E-state index in [1.807, 2.05) is 0 Å². The van der Waals surface area contributed by atoms with Crippen molar-refractivity contribution in [3.63, 3.8) is 0 Å². The van der Waals surface area contributed by atoms with Crippen LogP contribution in [-0.2, 0) is 4.79 Å². The number of amides is 2. The number of carbonyl (C=O) groups is 2. The van der Waals surface area contributed by atoms with E-state index < -0.39 is 45.4 Å². The second-order valence-corrected chi connectivity index (χ2v) is 9.73. The van der Waals surface area contributed by atoms with Crippen molar-refractivity contribution in [1.82, 2.24) is 0 Å². The molecule has 0 radical (unpaired) electrons. The van der Waals surface area contributed by atoms with Crippen LogP contribution < -0.4 is 10.6 Å². The summed E-state index contributed by atoms with van der Waals surface area (Å²) in [5, 5.41) is 4.99. The van der Waals surface area contributed by atoms with Gasteiger partial charge >= 0.3 is 0 Å². The first-order chi connectivity index (χ1) is 16.5. The van der Waals surface area contributed by atoms with Gasteiger partial charge in [0.1, 0.15) is 21.8 Å². The maximum atomic E-state index is 13.9. The summed E-state index contributed by atoms with van der Waals surface area (Å²) < 4.78 is 39.4. The zero-order chi connectivity index (χ0) is 25.5. The molecule has 2 atom stereocenters. The average Bonchev–Trinajstić information content (AvgIpc) is 3.39. The normalized spacial score (nSPS) is 18.0. The summed E-state index contributed by atoms with van der Waals surface area (Å²) >= 11 is 18.8. The van der Waals surface area contributed by atoms with Gasteiger partial charge in [-0.15, -0.1) is 23.2 Å². The van der Waals surface area contributed by atoms with E-state index in [2.05, 4.69) is 17.2 Å². The summed E-state index contributed by atoms with van der Waals surface area (Å²) in [5.74, 6) is -4.96. The van der Waals surface area contributed by atoms with Crippen molar-refractivity contribution in [3.8, 4) is 0 Å². The van der Waals surface area contributed by atoms with E-state index in [0.717, 1.165) is 12.1 Å². The van der Waals surface area contributed by atoms with Crippen LogP contribution in [-0.4, -0.2) is 16.1 Å². The van der Waals surface area contributed by atoms with E-state index in [4.69, 9.17) is 34.8 Å². The molecule has 0 saturated heterocycles. The van der Waals surface area contributed by atoms with Gasteiger partial charge in [-0.25, -0.2) is 13.2 Å². The van der Waals surface area contributed by atoms with Crippen LogP contribution in [0.15, 0.2) is 61.2 Å². The van der Waals surface area contributed by atoms with Crippen LogP contribution in [0.2, 0.25) is 5.02 Å². The summed E-state index contributed by atoms with van der Waals surface area (Å²) in [5.41, 5.74) is 0.741. The molecular formula is C25H16Cl3F3N2O2. The zero-order valence-corrected chi connectivity index (χ0v) is 20.0. The van der Waals surface area contributed by atoms with Crippen LogP contribution in [0.25, 0.3) is 6.08 Å². The number of benzene rings is 3. The van der Waals surface area contributed by atoms with Gasteiger partial charge in [0.15, 0.2) is 0 Å². The number of rotatable bonds is 6. The molecule has 35 heavy (non-hydrogen) atoms. The number of nitrogens with one attached hydrogen (secondary N) is 2. The van der Waals surface area contributed by atoms with E-state index in [9.17, 15) is 22.8 Å². The predicted octanol–water partition coefficient (Wildman–Crippen LogP) is 7.18. The van der Waals surface area contributed by atoms with Crippen molar-refractivity contribution in [2.45, 2.75) is 10.3 Å². The smallest absolute Gasteiger partial charge is 0.257 e. The number of hydrogen-bond acceptors (Lipinski definition) is 2. The standard InChI is InChI=1S/C25H16Cl3F3N2O2/c1-2-12-9-13(3-7-18(12)30)21-22(25(21,27)28)24(35)32-15-5-6-17(26)16(11-15)23(34)33-20-8-4-14(29)10-19(20)31/h2-11,21-22H,1H2,(H,32,35)(H,33,34)/t21-,22+/m1/s1. The minimum absolute atomic E-state index is 0.0413. The molecule has 1 aliphatic carbocycles. The first kappa shape index (κ1) is 25.1. The molecule has 10 heteroatoms. The Hall–Kier alpha value is -3.00. The molecule has 1 saturated carbocycles. The predicted molar refractivity (Wildman–Crippen MR) is 132 cm³/mol. The lowest BCUT2D eigenvalue weighted by atomic mass is 10.0. The third-order valence-corrected chi connectivity index (χ3v) is 6.86. The zero-order valence-electron chi connectivity index (χ0n) is 17.7. The highest BCUT2D eigenvalue weighted by atomic mass is 35.5. The monoisotopic (exact) mass is 538 g/mol. The molecule has 3 aromatic rings. The third kappa shape index (κ3) is 5.03. The van der Waals surface area contributed by atoms with Crippen molar-refractivity contribution in [2.75, 3.05) is 10.6 Å². The van der Waals surface area contributed by atoms with Crippen LogP contribution in [0.4, 0.5) is 24.5 Å². The summed E-state index contributed by atoms with van der Waals surface area (Å²) in [4.78, 5) is 25.6. The molecular weight excluding hydrogens is 524 g/mol. The average molecular weight is 540 g/mol. The molecule has 0 unspecified atom stereocenters. The number of alkyl halides is 2. The quantitative estimate of drug-likeness (QED) is 0.326. The van der Waals surface area contributed by atoms with Crippen LogP contribution in [0.1, 0.15) is 27.4 Å².